The number of methoxy groups -OCH3 is 2. The third-order valence-electron chi connectivity index (χ3n) is 3.46. The Morgan fingerprint density at radius 2 is 1.80 bits per heavy atom. The third-order valence-corrected chi connectivity index (χ3v) is 3.46. The first-order valence-corrected chi connectivity index (χ1v) is 7.74. The summed E-state index contributed by atoms with van der Waals surface area (Å²) in [6.45, 7) is 1.67. The number of benzene rings is 2. The number of carbonyl (C=O) groups is 2. The van der Waals surface area contributed by atoms with Gasteiger partial charge in [0.05, 0.1) is 12.8 Å². The summed E-state index contributed by atoms with van der Waals surface area (Å²) < 4.78 is 15.3. The van der Waals surface area contributed by atoms with Crippen molar-refractivity contribution in [3.63, 3.8) is 0 Å². The summed E-state index contributed by atoms with van der Waals surface area (Å²) >= 11 is 0. The molecule has 1 atom stereocenters. The summed E-state index contributed by atoms with van der Waals surface area (Å²) in [6, 6.07) is 14.2. The molecule has 0 saturated heterocycles. The molecule has 6 nitrogen and oxygen atoms in total. The van der Waals surface area contributed by atoms with Gasteiger partial charge in [0.1, 0.15) is 12.4 Å². The van der Waals surface area contributed by atoms with E-state index in [-0.39, 0.29) is 6.61 Å². The van der Waals surface area contributed by atoms with E-state index in [0.717, 1.165) is 5.56 Å². The van der Waals surface area contributed by atoms with Crippen LogP contribution in [0.1, 0.15) is 17.2 Å². The molecule has 25 heavy (non-hydrogen) atoms. The number of aryl methyl sites for hydroxylation is 1. The van der Waals surface area contributed by atoms with E-state index in [2.05, 4.69) is 5.32 Å². The molecule has 0 saturated carbocycles. The Labute approximate surface area is 146 Å². The number of esters is 1. The Morgan fingerprint density at radius 3 is 2.44 bits per heavy atom. The van der Waals surface area contributed by atoms with Crippen molar-refractivity contribution in [3.8, 4) is 5.75 Å². The van der Waals surface area contributed by atoms with E-state index in [9.17, 15) is 9.59 Å². The van der Waals surface area contributed by atoms with Gasteiger partial charge in [-0.3, -0.25) is 4.79 Å². The van der Waals surface area contributed by atoms with Gasteiger partial charge in [-0.25, -0.2) is 4.79 Å². The molecule has 0 unspecified atom stereocenters. The molecule has 0 heterocycles. The van der Waals surface area contributed by atoms with Gasteiger partial charge in [-0.15, -0.1) is 0 Å². The Kier molecular flexibility index (Phi) is 6.54. The molecule has 0 bridgehead atoms. The molecule has 1 amide bonds. The van der Waals surface area contributed by atoms with Crippen LogP contribution in [0.4, 0.5) is 5.69 Å². The van der Waals surface area contributed by atoms with E-state index in [1.165, 1.54) is 14.2 Å². The lowest BCUT2D eigenvalue weighted by Gasteiger charge is -2.19. The van der Waals surface area contributed by atoms with Crippen molar-refractivity contribution in [3.05, 3.63) is 59.7 Å². The SMILES string of the molecule is COCC(=O)O[C@@H](C(=O)Nc1cc(C)ccc1OC)c1ccccc1. The fourth-order valence-electron chi connectivity index (χ4n) is 2.30. The molecule has 0 aliphatic heterocycles. The predicted octanol–water partition coefficient (Wildman–Crippen LogP) is 2.87. The third kappa shape index (κ3) is 5.06. The highest BCUT2D eigenvalue weighted by Gasteiger charge is 2.25. The van der Waals surface area contributed by atoms with E-state index in [1.54, 1.807) is 36.4 Å². The summed E-state index contributed by atoms with van der Waals surface area (Å²) in [5.74, 6) is -0.573. The molecule has 2 aromatic rings. The van der Waals surface area contributed by atoms with Gasteiger partial charge in [-0.05, 0) is 24.6 Å². The van der Waals surface area contributed by atoms with Crippen molar-refractivity contribution in [2.45, 2.75) is 13.0 Å². The molecular formula is C19H21NO5. The number of hydrogen-bond donors (Lipinski definition) is 1. The zero-order valence-electron chi connectivity index (χ0n) is 14.4. The van der Waals surface area contributed by atoms with Crippen LogP contribution in [0.25, 0.3) is 0 Å². The highest BCUT2D eigenvalue weighted by Crippen LogP contribution is 2.27. The maximum Gasteiger partial charge on any atom is 0.333 e. The summed E-state index contributed by atoms with van der Waals surface area (Å²) in [6.07, 6.45) is -1.09. The molecule has 132 valence electrons. The molecular weight excluding hydrogens is 322 g/mol. The molecule has 0 fully saturated rings. The van der Waals surface area contributed by atoms with Gasteiger partial charge < -0.3 is 19.5 Å². The summed E-state index contributed by atoms with van der Waals surface area (Å²) in [7, 11) is 2.91. The van der Waals surface area contributed by atoms with Crippen LogP contribution in [0.3, 0.4) is 0 Å². The van der Waals surface area contributed by atoms with Gasteiger partial charge in [-0.2, -0.15) is 0 Å². The highest BCUT2D eigenvalue weighted by atomic mass is 16.6. The lowest BCUT2D eigenvalue weighted by Crippen LogP contribution is -2.27. The van der Waals surface area contributed by atoms with Crippen LogP contribution in [-0.2, 0) is 19.1 Å². The second-order valence-electron chi connectivity index (χ2n) is 5.41. The first-order valence-electron chi connectivity index (χ1n) is 7.74. The Balaban J connectivity index is 2.26. The average molecular weight is 343 g/mol. The molecule has 0 aliphatic carbocycles. The second-order valence-corrected chi connectivity index (χ2v) is 5.41. The number of ether oxygens (including phenoxy) is 3. The predicted molar refractivity (Wildman–Crippen MR) is 93.5 cm³/mol. The lowest BCUT2D eigenvalue weighted by molar-refractivity contribution is -0.158. The maximum absolute atomic E-state index is 12.7. The largest absolute Gasteiger partial charge is 0.495 e. The van der Waals surface area contributed by atoms with Crippen LogP contribution < -0.4 is 10.1 Å². The van der Waals surface area contributed by atoms with Crippen LogP contribution in [0, 0.1) is 6.92 Å². The van der Waals surface area contributed by atoms with Crippen molar-refractivity contribution in [2.24, 2.45) is 0 Å². The molecule has 1 N–H and O–H groups in total. The number of amides is 1. The second kappa shape index (κ2) is 8.84. The smallest absolute Gasteiger partial charge is 0.333 e. The van der Waals surface area contributed by atoms with Crippen LogP contribution in [0.2, 0.25) is 0 Å². The molecule has 0 spiro atoms. The van der Waals surface area contributed by atoms with Gasteiger partial charge >= 0.3 is 5.97 Å². The number of anilines is 1. The molecule has 0 aromatic heterocycles. The first-order chi connectivity index (χ1) is 12.0. The van der Waals surface area contributed by atoms with Gasteiger partial charge in [0.15, 0.2) is 0 Å². The van der Waals surface area contributed by atoms with Gasteiger partial charge in [0.2, 0.25) is 6.10 Å². The average Bonchev–Trinajstić information content (AvgIpc) is 2.61. The van der Waals surface area contributed by atoms with Crippen LogP contribution in [0.15, 0.2) is 48.5 Å². The van der Waals surface area contributed by atoms with Gasteiger partial charge in [-0.1, -0.05) is 36.4 Å². The standard InChI is InChI=1S/C19H21NO5/c1-13-9-10-16(24-3)15(11-13)20-19(22)18(25-17(21)12-23-2)14-7-5-4-6-8-14/h4-11,18H,12H2,1-3H3,(H,20,22)/t18-/m1/s1. The monoisotopic (exact) mass is 343 g/mol. The molecule has 6 heteroatoms. The molecule has 0 radical (unpaired) electrons. The quantitative estimate of drug-likeness (QED) is 0.783. The minimum absolute atomic E-state index is 0.232. The number of hydrogen-bond acceptors (Lipinski definition) is 5. The first kappa shape index (κ1) is 18.5. The van der Waals surface area contributed by atoms with Gasteiger partial charge in [0, 0.05) is 12.7 Å². The van der Waals surface area contributed by atoms with Crippen LogP contribution >= 0.6 is 0 Å². The Hall–Kier alpha value is -2.86. The van der Waals surface area contributed by atoms with E-state index < -0.39 is 18.0 Å². The fraction of sp³-hybridized carbons (Fsp3) is 0.263. The Morgan fingerprint density at radius 1 is 1.08 bits per heavy atom. The normalized spacial score (nSPS) is 11.5. The topological polar surface area (TPSA) is 73.9 Å². The summed E-state index contributed by atoms with van der Waals surface area (Å²) in [5.41, 5.74) is 2.04. The van der Waals surface area contributed by atoms with E-state index >= 15 is 0 Å². The van der Waals surface area contributed by atoms with Crippen molar-refractivity contribution in [2.75, 3.05) is 26.1 Å². The van der Waals surface area contributed by atoms with Crippen molar-refractivity contribution < 1.29 is 23.8 Å². The van der Waals surface area contributed by atoms with E-state index in [4.69, 9.17) is 14.2 Å². The lowest BCUT2D eigenvalue weighted by atomic mass is 10.1. The molecule has 2 aromatic carbocycles. The molecule has 0 aliphatic rings. The maximum atomic E-state index is 12.7. The van der Waals surface area contributed by atoms with Crippen molar-refractivity contribution in [1.29, 1.82) is 0 Å². The van der Waals surface area contributed by atoms with Crippen molar-refractivity contribution in [1.82, 2.24) is 0 Å². The minimum atomic E-state index is -1.09. The number of carbonyl (C=O) groups excluding carboxylic acids is 2. The highest BCUT2D eigenvalue weighted by molar-refractivity contribution is 5.97. The zero-order valence-corrected chi connectivity index (χ0v) is 14.4. The van der Waals surface area contributed by atoms with Gasteiger partial charge in [0.25, 0.3) is 5.91 Å². The van der Waals surface area contributed by atoms with E-state index in [1.807, 2.05) is 19.1 Å². The zero-order chi connectivity index (χ0) is 18.2. The fourth-order valence-corrected chi connectivity index (χ4v) is 2.30. The van der Waals surface area contributed by atoms with E-state index in [0.29, 0.717) is 17.0 Å². The molecule has 2 rings (SSSR count). The van der Waals surface area contributed by atoms with Crippen molar-refractivity contribution >= 4 is 17.6 Å². The van der Waals surface area contributed by atoms with Crippen LogP contribution in [0.5, 0.6) is 5.75 Å². The summed E-state index contributed by atoms with van der Waals surface area (Å²) in [5, 5.41) is 2.77. The minimum Gasteiger partial charge on any atom is -0.495 e. The number of nitrogens with one attached hydrogen (secondary N) is 1. The Bertz CT molecular complexity index is 730. The summed E-state index contributed by atoms with van der Waals surface area (Å²) in [4.78, 5) is 24.6. The van der Waals surface area contributed by atoms with Crippen LogP contribution in [-0.4, -0.2) is 32.7 Å². The number of rotatable bonds is 7.